The average Bonchev–Trinajstić information content (AvgIpc) is 2.79. The van der Waals surface area contributed by atoms with Crippen LogP contribution in [0.1, 0.15) is 12.3 Å². The molecule has 0 saturated carbocycles. The van der Waals surface area contributed by atoms with Gasteiger partial charge in [0, 0.05) is 31.4 Å². The molecule has 0 fully saturated rings. The van der Waals surface area contributed by atoms with Gasteiger partial charge in [0.25, 0.3) is 0 Å². The maximum atomic E-state index is 5.84. The molecule has 0 aliphatic rings. The zero-order chi connectivity index (χ0) is 12.1. The molecular formula is C12H15N3O2. The Morgan fingerprint density at radius 3 is 2.94 bits per heavy atom. The molecule has 0 aliphatic heterocycles. The first-order valence-corrected chi connectivity index (χ1v) is 5.47. The smallest absolute Gasteiger partial charge is 0.227 e. The number of para-hydroxylation sites is 1. The molecule has 0 aliphatic carbocycles. The van der Waals surface area contributed by atoms with Gasteiger partial charge in [-0.3, -0.25) is 0 Å². The maximum Gasteiger partial charge on any atom is 0.227 e. The van der Waals surface area contributed by atoms with E-state index in [2.05, 4.69) is 10.1 Å². The lowest BCUT2D eigenvalue weighted by Crippen LogP contribution is -1.93. The SMILES string of the molecule is COCCCc1nc(-c2ccccc2N)no1. The van der Waals surface area contributed by atoms with Crippen LogP contribution in [0.4, 0.5) is 5.69 Å². The third-order valence-corrected chi connectivity index (χ3v) is 2.41. The number of hydrogen-bond donors (Lipinski definition) is 1. The lowest BCUT2D eigenvalue weighted by Gasteiger charge is -1.98. The second-order valence-corrected chi connectivity index (χ2v) is 3.70. The van der Waals surface area contributed by atoms with Gasteiger partial charge in [0.1, 0.15) is 0 Å². The first-order chi connectivity index (χ1) is 8.31. The van der Waals surface area contributed by atoms with Gasteiger partial charge in [-0.25, -0.2) is 0 Å². The van der Waals surface area contributed by atoms with E-state index in [-0.39, 0.29) is 0 Å². The van der Waals surface area contributed by atoms with Gasteiger partial charge in [-0.1, -0.05) is 17.3 Å². The molecule has 90 valence electrons. The number of ether oxygens (including phenoxy) is 1. The largest absolute Gasteiger partial charge is 0.398 e. The Labute approximate surface area is 99.6 Å². The fraction of sp³-hybridized carbons (Fsp3) is 0.333. The van der Waals surface area contributed by atoms with Crippen LogP contribution in [0.2, 0.25) is 0 Å². The van der Waals surface area contributed by atoms with Crippen LogP contribution in [0.5, 0.6) is 0 Å². The first kappa shape index (κ1) is 11.6. The lowest BCUT2D eigenvalue weighted by molar-refractivity contribution is 0.192. The van der Waals surface area contributed by atoms with Crippen molar-refractivity contribution in [3.8, 4) is 11.4 Å². The lowest BCUT2D eigenvalue weighted by atomic mass is 10.2. The van der Waals surface area contributed by atoms with Gasteiger partial charge in [-0.05, 0) is 18.6 Å². The van der Waals surface area contributed by atoms with E-state index in [1.54, 1.807) is 7.11 Å². The molecule has 0 saturated heterocycles. The summed E-state index contributed by atoms with van der Waals surface area (Å²) in [6.07, 6.45) is 1.58. The zero-order valence-electron chi connectivity index (χ0n) is 9.72. The van der Waals surface area contributed by atoms with E-state index in [9.17, 15) is 0 Å². The fourth-order valence-corrected chi connectivity index (χ4v) is 1.53. The molecule has 0 atom stereocenters. The predicted molar refractivity (Wildman–Crippen MR) is 64.3 cm³/mol. The molecule has 0 amide bonds. The molecule has 2 N–H and O–H groups in total. The van der Waals surface area contributed by atoms with E-state index < -0.39 is 0 Å². The van der Waals surface area contributed by atoms with Gasteiger partial charge in [-0.2, -0.15) is 4.98 Å². The van der Waals surface area contributed by atoms with Crippen LogP contribution in [0, 0.1) is 0 Å². The number of nitrogens with zero attached hydrogens (tertiary/aromatic N) is 2. The summed E-state index contributed by atoms with van der Waals surface area (Å²) in [6.45, 7) is 0.686. The molecule has 0 bridgehead atoms. The standard InChI is InChI=1S/C12H15N3O2/c1-16-8-4-7-11-14-12(15-17-11)9-5-2-3-6-10(9)13/h2-3,5-6H,4,7-8,13H2,1H3. The molecule has 1 aromatic carbocycles. The summed E-state index contributed by atoms with van der Waals surface area (Å²) >= 11 is 0. The van der Waals surface area contributed by atoms with Gasteiger partial charge >= 0.3 is 0 Å². The summed E-state index contributed by atoms with van der Waals surface area (Å²) in [4.78, 5) is 4.30. The molecular weight excluding hydrogens is 218 g/mol. The Kier molecular flexibility index (Phi) is 3.72. The molecule has 1 aromatic heterocycles. The maximum absolute atomic E-state index is 5.84. The second kappa shape index (κ2) is 5.45. The molecule has 17 heavy (non-hydrogen) atoms. The van der Waals surface area contributed by atoms with Crippen LogP contribution >= 0.6 is 0 Å². The van der Waals surface area contributed by atoms with Gasteiger partial charge in [0.15, 0.2) is 0 Å². The highest BCUT2D eigenvalue weighted by atomic mass is 16.5. The number of methoxy groups -OCH3 is 1. The number of nitrogen functional groups attached to an aromatic ring is 1. The summed E-state index contributed by atoms with van der Waals surface area (Å²) in [5.74, 6) is 1.15. The average molecular weight is 233 g/mol. The van der Waals surface area contributed by atoms with E-state index in [1.807, 2.05) is 24.3 Å². The number of benzene rings is 1. The number of rotatable bonds is 5. The molecule has 5 heteroatoms. The van der Waals surface area contributed by atoms with Crippen LogP contribution < -0.4 is 5.73 Å². The number of aryl methyl sites for hydroxylation is 1. The van der Waals surface area contributed by atoms with E-state index in [1.165, 1.54) is 0 Å². The highest BCUT2D eigenvalue weighted by Gasteiger charge is 2.10. The highest BCUT2D eigenvalue weighted by Crippen LogP contribution is 2.22. The van der Waals surface area contributed by atoms with Crippen molar-refractivity contribution in [3.05, 3.63) is 30.2 Å². The molecule has 5 nitrogen and oxygen atoms in total. The Morgan fingerprint density at radius 2 is 2.18 bits per heavy atom. The quantitative estimate of drug-likeness (QED) is 0.630. The number of anilines is 1. The number of nitrogens with two attached hydrogens (primary N) is 1. The van der Waals surface area contributed by atoms with Crippen molar-refractivity contribution < 1.29 is 9.26 Å². The fourth-order valence-electron chi connectivity index (χ4n) is 1.53. The Balaban J connectivity index is 2.10. The van der Waals surface area contributed by atoms with Crippen molar-refractivity contribution in [1.82, 2.24) is 10.1 Å². The van der Waals surface area contributed by atoms with Crippen molar-refractivity contribution in [2.24, 2.45) is 0 Å². The van der Waals surface area contributed by atoms with Crippen molar-refractivity contribution in [2.75, 3.05) is 19.5 Å². The van der Waals surface area contributed by atoms with E-state index in [0.717, 1.165) is 12.0 Å². The van der Waals surface area contributed by atoms with Crippen LogP contribution in [-0.2, 0) is 11.2 Å². The molecule has 0 unspecified atom stereocenters. The minimum Gasteiger partial charge on any atom is -0.398 e. The van der Waals surface area contributed by atoms with Crippen molar-refractivity contribution in [1.29, 1.82) is 0 Å². The summed E-state index contributed by atoms with van der Waals surface area (Å²) in [5.41, 5.74) is 7.29. The molecule has 2 aromatic rings. The number of hydrogen-bond acceptors (Lipinski definition) is 5. The van der Waals surface area contributed by atoms with E-state index in [0.29, 0.717) is 30.4 Å². The Bertz CT molecular complexity index is 482. The zero-order valence-corrected chi connectivity index (χ0v) is 9.72. The van der Waals surface area contributed by atoms with Crippen molar-refractivity contribution in [3.63, 3.8) is 0 Å². The van der Waals surface area contributed by atoms with Crippen LogP contribution in [0.3, 0.4) is 0 Å². The van der Waals surface area contributed by atoms with Gasteiger partial charge in [0.05, 0.1) is 0 Å². The normalized spacial score (nSPS) is 10.6. The van der Waals surface area contributed by atoms with Gasteiger partial charge in [0.2, 0.25) is 11.7 Å². The molecule has 2 rings (SSSR count). The predicted octanol–water partition coefficient (Wildman–Crippen LogP) is 1.90. The third kappa shape index (κ3) is 2.82. The molecule has 1 heterocycles. The monoisotopic (exact) mass is 233 g/mol. The Hall–Kier alpha value is -1.88. The minimum absolute atomic E-state index is 0.538. The van der Waals surface area contributed by atoms with Gasteiger partial charge in [-0.15, -0.1) is 0 Å². The molecule has 0 spiro atoms. The summed E-state index contributed by atoms with van der Waals surface area (Å²) < 4.78 is 10.1. The first-order valence-electron chi connectivity index (χ1n) is 5.47. The molecule has 0 radical (unpaired) electrons. The summed E-state index contributed by atoms with van der Waals surface area (Å²) in [6, 6.07) is 7.46. The van der Waals surface area contributed by atoms with Gasteiger partial charge < -0.3 is 15.0 Å². The van der Waals surface area contributed by atoms with Crippen molar-refractivity contribution >= 4 is 5.69 Å². The van der Waals surface area contributed by atoms with Crippen LogP contribution in [0.25, 0.3) is 11.4 Å². The summed E-state index contributed by atoms with van der Waals surface area (Å²) in [5, 5.41) is 3.92. The highest BCUT2D eigenvalue weighted by molar-refractivity contribution is 5.70. The van der Waals surface area contributed by atoms with E-state index in [4.69, 9.17) is 15.0 Å². The van der Waals surface area contributed by atoms with E-state index >= 15 is 0 Å². The number of aromatic nitrogens is 2. The Morgan fingerprint density at radius 1 is 1.35 bits per heavy atom. The van der Waals surface area contributed by atoms with Crippen molar-refractivity contribution in [2.45, 2.75) is 12.8 Å². The van der Waals surface area contributed by atoms with Crippen LogP contribution in [0.15, 0.2) is 28.8 Å². The topological polar surface area (TPSA) is 74.2 Å². The van der Waals surface area contributed by atoms with Crippen LogP contribution in [-0.4, -0.2) is 23.9 Å². The second-order valence-electron chi connectivity index (χ2n) is 3.70. The summed E-state index contributed by atoms with van der Waals surface area (Å²) in [7, 11) is 1.67. The minimum atomic E-state index is 0.538. The third-order valence-electron chi connectivity index (χ3n) is 2.41.